The first-order chi connectivity index (χ1) is 5.82. The van der Waals surface area contributed by atoms with Crippen molar-refractivity contribution in [1.82, 2.24) is 0 Å². The van der Waals surface area contributed by atoms with Crippen LogP contribution in [0.1, 0.15) is 0 Å². The maximum atomic E-state index is 12.9. The maximum absolute atomic E-state index is 12.9. The summed E-state index contributed by atoms with van der Waals surface area (Å²) in [6.07, 6.45) is 1.12. The van der Waals surface area contributed by atoms with Gasteiger partial charge in [-0.1, -0.05) is 0 Å². The molecule has 13 heavy (non-hydrogen) atoms. The predicted molar refractivity (Wildman–Crippen MR) is 54.1 cm³/mol. The summed E-state index contributed by atoms with van der Waals surface area (Å²) < 4.78 is 43.9. The number of halogens is 3. The lowest BCUT2D eigenvalue weighted by atomic mass is 10.3. The van der Waals surface area contributed by atoms with Crippen molar-refractivity contribution in [2.75, 3.05) is 6.26 Å². The third-order valence-electron chi connectivity index (χ3n) is 1.41. The van der Waals surface area contributed by atoms with Crippen LogP contribution in [-0.2, 0) is 9.73 Å². The van der Waals surface area contributed by atoms with Crippen molar-refractivity contribution in [3.05, 3.63) is 27.3 Å². The van der Waals surface area contributed by atoms with Crippen molar-refractivity contribution >= 4 is 32.3 Å². The molecule has 0 fully saturated rings. The normalized spacial score (nSPS) is 15.4. The highest BCUT2D eigenvalue weighted by molar-refractivity contribution is 14.1. The first-order valence-electron chi connectivity index (χ1n) is 3.20. The smallest absolute Gasteiger partial charge is 0.140 e. The van der Waals surface area contributed by atoms with E-state index >= 15 is 0 Å². The van der Waals surface area contributed by atoms with Gasteiger partial charge in [-0.25, -0.2) is 17.8 Å². The summed E-state index contributed by atoms with van der Waals surface area (Å²) in [5.41, 5.74) is 0. The second kappa shape index (κ2) is 3.49. The molecule has 1 aromatic carbocycles. The van der Waals surface area contributed by atoms with E-state index in [4.69, 9.17) is 4.78 Å². The Kier molecular flexibility index (Phi) is 2.91. The molecule has 72 valence electrons. The van der Waals surface area contributed by atoms with Crippen LogP contribution in [0.4, 0.5) is 8.78 Å². The van der Waals surface area contributed by atoms with E-state index in [2.05, 4.69) is 0 Å². The molecule has 1 aromatic rings. The molecule has 0 aliphatic rings. The highest BCUT2D eigenvalue weighted by Crippen LogP contribution is 2.20. The zero-order valence-corrected chi connectivity index (χ0v) is 9.58. The summed E-state index contributed by atoms with van der Waals surface area (Å²) in [4.78, 5) is -0.122. The SMILES string of the molecule is CS(=N)(=O)c1cc(F)c(I)c(F)c1. The molecule has 0 spiro atoms. The average Bonchev–Trinajstić information content (AvgIpc) is 1.97. The largest absolute Gasteiger partial charge is 0.249 e. The molecule has 0 amide bonds. The molecule has 1 unspecified atom stereocenters. The highest BCUT2D eigenvalue weighted by atomic mass is 127. The molecule has 0 radical (unpaired) electrons. The van der Waals surface area contributed by atoms with E-state index in [1.165, 1.54) is 22.6 Å². The average molecular weight is 317 g/mol. The topological polar surface area (TPSA) is 40.9 Å². The Hall–Kier alpha value is -0.240. The lowest BCUT2D eigenvalue weighted by Gasteiger charge is -2.03. The molecule has 0 aliphatic heterocycles. The van der Waals surface area contributed by atoms with Gasteiger partial charge in [-0.2, -0.15) is 0 Å². The second-order valence-corrected chi connectivity index (χ2v) is 5.78. The van der Waals surface area contributed by atoms with Gasteiger partial charge in [0.2, 0.25) is 0 Å². The summed E-state index contributed by atoms with van der Waals surface area (Å²) in [5.74, 6) is -1.56. The first kappa shape index (κ1) is 10.8. The molecule has 0 saturated carbocycles. The van der Waals surface area contributed by atoms with E-state index < -0.39 is 21.4 Å². The van der Waals surface area contributed by atoms with Crippen LogP contribution in [0.15, 0.2) is 17.0 Å². The molecule has 0 bridgehead atoms. The van der Waals surface area contributed by atoms with Crippen molar-refractivity contribution < 1.29 is 13.0 Å². The van der Waals surface area contributed by atoms with Gasteiger partial charge < -0.3 is 0 Å². The molecular formula is C7H6F2INOS. The predicted octanol–water partition coefficient (Wildman–Crippen LogP) is 2.60. The van der Waals surface area contributed by atoms with Crippen LogP contribution >= 0.6 is 22.6 Å². The van der Waals surface area contributed by atoms with Gasteiger partial charge in [0.1, 0.15) is 11.6 Å². The van der Waals surface area contributed by atoms with Crippen LogP contribution in [0.3, 0.4) is 0 Å². The van der Waals surface area contributed by atoms with Crippen LogP contribution < -0.4 is 0 Å². The fourth-order valence-corrected chi connectivity index (χ4v) is 1.73. The Balaban J connectivity index is 3.47. The number of hydrogen-bond acceptors (Lipinski definition) is 2. The van der Waals surface area contributed by atoms with Crippen LogP contribution in [0.5, 0.6) is 0 Å². The van der Waals surface area contributed by atoms with Gasteiger partial charge >= 0.3 is 0 Å². The number of hydrogen-bond donors (Lipinski definition) is 1. The van der Waals surface area contributed by atoms with Gasteiger partial charge in [-0.3, -0.25) is 0 Å². The lowest BCUT2D eigenvalue weighted by Crippen LogP contribution is -1.99. The Morgan fingerprint density at radius 2 is 1.77 bits per heavy atom. The van der Waals surface area contributed by atoms with E-state index in [1.54, 1.807) is 0 Å². The van der Waals surface area contributed by atoms with Crippen LogP contribution in [0.2, 0.25) is 0 Å². The van der Waals surface area contributed by atoms with E-state index in [0.29, 0.717) is 0 Å². The molecule has 1 N–H and O–H groups in total. The van der Waals surface area contributed by atoms with Crippen LogP contribution in [0, 0.1) is 20.0 Å². The Labute approximate surface area is 88.5 Å². The molecule has 0 saturated heterocycles. The molecule has 0 aliphatic carbocycles. The molecule has 0 aromatic heterocycles. The van der Waals surface area contributed by atoms with Crippen LogP contribution in [-0.4, -0.2) is 10.5 Å². The molecular weight excluding hydrogens is 311 g/mol. The van der Waals surface area contributed by atoms with E-state index in [9.17, 15) is 13.0 Å². The van der Waals surface area contributed by atoms with Crippen molar-refractivity contribution in [1.29, 1.82) is 4.78 Å². The first-order valence-corrected chi connectivity index (χ1v) is 6.25. The van der Waals surface area contributed by atoms with E-state index in [0.717, 1.165) is 18.4 Å². The molecule has 6 heteroatoms. The minimum absolute atomic E-state index is 0.122. The quantitative estimate of drug-likeness (QED) is 0.628. The van der Waals surface area contributed by atoms with Crippen molar-refractivity contribution in [2.45, 2.75) is 4.90 Å². The number of benzene rings is 1. The van der Waals surface area contributed by atoms with E-state index in [-0.39, 0.29) is 8.47 Å². The molecule has 2 nitrogen and oxygen atoms in total. The van der Waals surface area contributed by atoms with Crippen LogP contribution in [0.25, 0.3) is 0 Å². The zero-order valence-electron chi connectivity index (χ0n) is 6.61. The minimum atomic E-state index is -3.05. The van der Waals surface area contributed by atoms with Crippen molar-refractivity contribution in [2.24, 2.45) is 0 Å². The van der Waals surface area contributed by atoms with Crippen molar-refractivity contribution in [3.63, 3.8) is 0 Å². The highest BCUT2D eigenvalue weighted by Gasteiger charge is 2.12. The van der Waals surface area contributed by atoms with Gasteiger partial charge in [0.25, 0.3) is 0 Å². The van der Waals surface area contributed by atoms with Gasteiger partial charge in [0, 0.05) is 6.26 Å². The molecule has 0 heterocycles. The summed E-state index contributed by atoms with van der Waals surface area (Å²) in [7, 11) is -3.05. The second-order valence-electron chi connectivity index (χ2n) is 2.54. The molecule has 1 rings (SSSR count). The summed E-state index contributed by atoms with van der Waals surface area (Å²) in [6, 6.07) is 1.86. The van der Waals surface area contributed by atoms with E-state index in [1.807, 2.05) is 0 Å². The summed E-state index contributed by atoms with van der Waals surface area (Å²) in [6.45, 7) is 0. The monoisotopic (exact) mass is 317 g/mol. The van der Waals surface area contributed by atoms with Gasteiger partial charge in [0.15, 0.2) is 0 Å². The fourth-order valence-electron chi connectivity index (χ4n) is 0.757. The minimum Gasteiger partial charge on any atom is -0.249 e. The number of rotatable bonds is 1. The molecule has 1 atom stereocenters. The Morgan fingerprint density at radius 3 is 2.08 bits per heavy atom. The third-order valence-corrected chi connectivity index (χ3v) is 3.57. The van der Waals surface area contributed by atoms with Crippen molar-refractivity contribution in [3.8, 4) is 0 Å². The summed E-state index contributed by atoms with van der Waals surface area (Å²) >= 11 is 1.51. The van der Waals surface area contributed by atoms with Gasteiger partial charge in [0.05, 0.1) is 18.2 Å². The fraction of sp³-hybridized carbons (Fsp3) is 0.143. The number of nitrogens with one attached hydrogen (secondary N) is 1. The Morgan fingerprint density at radius 1 is 1.38 bits per heavy atom. The third kappa shape index (κ3) is 2.37. The zero-order chi connectivity index (χ0) is 10.2. The van der Waals surface area contributed by atoms with Gasteiger partial charge in [-0.05, 0) is 34.7 Å². The lowest BCUT2D eigenvalue weighted by molar-refractivity contribution is 0.563. The van der Waals surface area contributed by atoms with Gasteiger partial charge in [-0.15, -0.1) is 0 Å². The summed E-state index contributed by atoms with van der Waals surface area (Å²) in [5, 5.41) is 0. The Bertz CT molecular complexity index is 421. The maximum Gasteiger partial charge on any atom is 0.140 e. The standard InChI is InChI=1S/C7H6F2INOS/c1-13(11,12)4-2-5(8)7(10)6(9)3-4/h2-3,11H,1H3.